The van der Waals surface area contributed by atoms with Crippen molar-refractivity contribution in [2.24, 2.45) is 0 Å². The number of alkyl halides is 3. The molecule has 0 fully saturated rings. The fourth-order valence-electron chi connectivity index (χ4n) is 0.714. The molecule has 0 spiro atoms. The first-order chi connectivity index (χ1) is 6.32. The Labute approximate surface area is 74.9 Å². The van der Waals surface area contributed by atoms with Crippen LogP contribution in [0.1, 0.15) is 11.5 Å². The third-order valence-electron chi connectivity index (χ3n) is 1.22. The Kier molecular flexibility index (Phi) is 2.32. The van der Waals surface area contributed by atoms with Crippen molar-refractivity contribution in [3.63, 3.8) is 0 Å². The van der Waals surface area contributed by atoms with Crippen molar-refractivity contribution in [3.8, 4) is 0 Å². The summed E-state index contributed by atoms with van der Waals surface area (Å²) in [5.74, 6) is -1.66. The van der Waals surface area contributed by atoms with Gasteiger partial charge in [-0.1, -0.05) is 0 Å². The molecular formula is C5H3F3N4O2. The van der Waals surface area contributed by atoms with E-state index in [0.29, 0.717) is 0 Å². The second kappa shape index (κ2) is 3.16. The normalized spacial score (nSPS) is 11.4. The molecule has 0 aromatic carbocycles. The molecule has 0 bridgehead atoms. The van der Waals surface area contributed by atoms with Gasteiger partial charge in [0, 0.05) is 0 Å². The summed E-state index contributed by atoms with van der Waals surface area (Å²) in [5, 5.41) is 16.0. The number of nitrogens with zero attached hydrogens (tertiary/aromatic N) is 4. The van der Waals surface area contributed by atoms with E-state index in [2.05, 4.69) is 15.2 Å². The van der Waals surface area contributed by atoms with Crippen molar-refractivity contribution < 1.29 is 18.1 Å². The Morgan fingerprint density at radius 1 is 1.36 bits per heavy atom. The largest absolute Gasteiger partial charge is 0.442 e. The SMILES string of the molecule is Cc1nnc([N+](=O)[O-])c(C(F)(F)F)n1. The van der Waals surface area contributed by atoms with E-state index in [1.54, 1.807) is 0 Å². The van der Waals surface area contributed by atoms with Crippen LogP contribution in [0.4, 0.5) is 19.0 Å². The maximum absolute atomic E-state index is 12.2. The number of aromatic nitrogens is 3. The minimum atomic E-state index is -4.90. The molecule has 14 heavy (non-hydrogen) atoms. The molecule has 0 radical (unpaired) electrons. The number of hydrogen-bond acceptors (Lipinski definition) is 5. The van der Waals surface area contributed by atoms with Crippen LogP contribution in [0.3, 0.4) is 0 Å². The molecule has 0 aliphatic heterocycles. The van der Waals surface area contributed by atoms with Gasteiger partial charge in [0.05, 0.1) is 5.10 Å². The van der Waals surface area contributed by atoms with Crippen LogP contribution in [0.5, 0.6) is 0 Å². The summed E-state index contributed by atoms with van der Waals surface area (Å²) < 4.78 is 36.5. The maximum Gasteiger partial charge on any atom is 0.442 e. The highest BCUT2D eigenvalue weighted by atomic mass is 19.4. The Hall–Kier alpha value is -1.80. The van der Waals surface area contributed by atoms with Gasteiger partial charge >= 0.3 is 12.0 Å². The third kappa shape index (κ3) is 1.92. The smallest absolute Gasteiger partial charge is 0.358 e. The van der Waals surface area contributed by atoms with Gasteiger partial charge in [0.15, 0.2) is 5.82 Å². The molecule has 76 valence electrons. The molecule has 1 heterocycles. The number of nitro groups is 1. The lowest BCUT2D eigenvalue weighted by Crippen LogP contribution is -2.15. The highest BCUT2D eigenvalue weighted by molar-refractivity contribution is 5.26. The number of hydrogen-bond donors (Lipinski definition) is 0. The van der Waals surface area contributed by atoms with Gasteiger partial charge in [0.2, 0.25) is 5.69 Å². The molecule has 0 aliphatic rings. The zero-order valence-electron chi connectivity index (χ0n) is 6.74. The molecule has 1 rings (SSSR count). The first-order valence-corrected chi connectivity index (χ1v) is 3.25. The van der Waals surface area contributed by atoms with Crippen LogP contribution >= 0.6 is 0 Å². The Morgan fingerprint density at radius 3 is 2.36 bits per heavy atom. The fraction of sp³-hybridized carbons (Fsp3) is 0.400. The van der Waals surface area contributed by atoms with Crippen LogP contribution in [0.15, 0.2) is 0 Å². The highest BCUT2D eigenvalue weighted by Crippen LogP contribution is 2.32. The van der Waals surface area contributed by atoms with Gasteiger partial charge in [-0.05, 0) is 16.9 Å². The number of halogens is 3. The summed E-state index contributed by atoms with van der Waals surface area (Å²) in [6, 6.07) is 0. The Bertz CT molecular complexity index is 378. The van der Waals surface area contributed by atoms with E-state index < -0.39 is 22.6 Å². The van der Waals surface area contributed by atoms with E-state index >= 15 is 0 Å². The van der Waals surface area contributed by atoms with Gasteiger partial charge in [-0.2, -0.15) is 13.2 Å². The van der Waals surface area contributed by atoms with Crippen LogP contribution in [0, 0.1) is 17.0 Å². The van der Waals surface area contributed by atoms with Crippen molar-refractivity contribution in [2.75, 3.05) is 0 Å². The molecule has 0 unspecified atom stereocenters. The summed E-state index contributed by atoms with van der Waals surface area (Å²) >= 11 is 0. The quantitative estimate of drug-likeness (QED) is 0.509. The van der Waals surface area contributed by atoms with Crippen molar-refractivity contribution in [2.45, 2.75) is 13.1 Å². The lowest BCUT2D eigenvalue weighted by Gasteiger charge is -2.04. The van der Waals surface area contributed by atoms with E-state index in [9.17, 15) is 23.3 Å². The average molecular weight is 208 g/mol. The minimum Gasteiger partial charge on any atom is -0.358 e. The van der Waals surface area contributed by atoms with E-state index in [0.717, 1.165) is 6.92 Å². The van der Waals surface area contributed by atoms with Crippen molar-refractivity contribution >= 4 is 5.82 Å². The fourth-order valence-corrected chi connectivity index (χ4v) is 0.714. The molecular weight excluding hydrogens is 205 g/mol. The Balaban J connectivity index is 3.38. The summed E-state index contributed by atoms with van der Waals surface area (Å²) in [7, 11) is 0. The van der Waals surface area contributed by atoms with E-state index in [4.69, 9.17) is 0 Å². The van der Waals surface area contributed by atoms with Gasteiger partial charge in [-0.25, -0.2) is 4.98 Å². The van der Waals surface area contributed by atoms with Crippen LogP contribution in [-0.4, -0.2) is 20.1 Å². The molecule has 0 saturated heterocycles. The predicted molar refractivity (Wildman–Crippen MR) is 36.2 cm³/mol. The van der Waals surface area contributed by atoms with Gasteiger partial charge in [-0.3, -0.25) is 0 Å². The number of aryl methyl sites for hydroxylation is 1. The second-order valence-corrected chi connectivity index (χ2v) is 2.29. The van der Waals surface area contributed by atoms with Gasteiger partial charge in [0.1, 0.15) is 0 Å². The molecule has 6 nitrogen and oxygen atoms in total. The topological polar surface area (TPSA) is 81.8 Å². The number of rotatable bonds is 1. The second-order valence-electron chi connectivity index (χ2n) is 2.29. The molecule has 1 aromatic rings. The summed E-state index contributed by atoms with van der Waals surface area (Å²) in [6.07, 6.45) is -4.90. The van der Waals surface area contributed by atoms with Gasteiger partial charge in [-0.15, -0.1) is 0 Å². The summed E-state index contributed by atoms with van der Waals surface area (Å²) in [6.45, 7) is 1.16. The first-order valence-electron chi connectivity index (χ1n) is 3.25. The maximum atomic E-state index is 12.2. The van der Waals surface area contributed by atoms with Crippen LogP contribution in [0.25, 0.3) is 0 Å². The molecule has 0 N–H and O–H groups in total. The third-order valence-corrected chi connectivity index (χ3v) is 1.22. The monoisotopic (exact) mass is 208 g/mol. The van der Waals surface area contributed by atoms with E-state index in [-0.39, 0.29) is 5.82 Å². The van der Waals surface area contributed by atoms with Crippen LogP contribution in [-0.2, 0) is 6.18 Å². The lowest BCUT2D eigenvalue weighted by molar-refractivity contribution is -0.394. The average Bonchev–Trinajstić information content (AvgIpc) is 2.01. The van der Waals surface area contributed by atoms with Gasteiger partial charge in [0.25, 0.3) is 0 Å². The van der Waals surface area contributed by atoms with Crippen molar-refractivity contribution in [1.82, 2.24) is 15.2 Å². The lowest BCUT2D eigenvalue weighted by atomic mass is 10.4. The minimum absolute atomic E-state index is 0.275. The Morgan fingerprint density at radius 2 is 1.93 bits per heavy atom. The molecule has 0 saturated carbocycles. The van der Waals surface area contributed by atoms with Crippen LogP contribution < -0.4 is 0 Å². The zero-order valence-corrected chi connectivity index (χ0v) is 6.74. The molecule has 0 atom stereocenters. The van der Waals surface area contributed by atoms with Crippen molar-refractivity contribution in [3.05, 3.63) is 21.6 Å². The highest BCUT2D eigenvalue weighted by Gasteiger charge is 2.42. The molecule has 9 heteroatoms. The molecule has 0 aliphatic carbocycles. The zero-order chi connectivity index (χ0) is 10.9. The van der Waals surface area contributed by atoms with Crippen molar-refractivity contribution in [1.29, 1.82) is 0 Å². The van der Waals surface area contributed by atoms with Gasteiger partial charge < -0.3 is 10.1 Å². The van der Waals surface area contributed by atoms with E-state index in [1.807, 2.05) is 0 Å². The predicted octanol–water partition coefficient (Wildman–Crippen LogP) is 1.11. The first kappa shape index (κ1) is 10.3. The molecule has 1 aromatic heterocycles. The van der Waals surface area contributed by atoms with E-state index in [1.165, 1.54) is 0 Å². The van der Waals surface area contributed by atoms with Crippen LogP contribution in [0.2, 0.25) is 0 Å². The molecule has 0 amide bonds. The standard InChI is InChI=1S/C5H3F3N4O2/c1-2-9-3(5(6,7)8)4(11-10-2)12(13)14/h1H3. The summed E-state index contributed by atoms with van der Waals surface area (Å²) in [4.78, 5) is 11.8. The summed E-state index contributed by atoms with van der Waals surface area (Å²) in [5.41, 5.74) is -1.63.